The zero-order valence-corrected chi connectivity index (χ0v) is 19.8. The van der Waals surface area contributed by atoms with E-state index in [9.17, 15) is 18.3 Å². The van der Waals surface area contributed by atoms with Crippen molar-refractivity contribution in [1.29, 1.82) is 0 Å². The van der Waals surface area contributed by atoms with Crippen molar-refractivity contribution in [3.8, 4) is 11.3 Å². The van der Waals surface area contributed by atoms with Gasteiger partial charge in [0.25, 0.3) is 10.0 Å². The number of amides is 1. The van der Waals surface area contributed by atoms with Crippen molar-refractivity contribution in [3.63, 3.8) is 0 Å². The highest BCUT2D eigenvalue weighted by Gasteiger charge is 2.26. The van der Waals surface area contributed by atoms with Crippen LogP contribution in [0.5, 0.6) is 0 Å². The first kappa shape index (κ1) is 23.5. The van der Waals surface area contributed by atoms with Gasteiger partial charge in [0.15, 0.2) is 0 Å². The average Bonchev–Trinajstić information content (AvgIpc) is 3.11. The highest BCUT2D eigenvalue weighted by molar-refractivity contribution is 7.90. The maximum absolute atomic E-state index is 13.5. The van der Waals surface area contributed by atoms with Crippen LogP contribution < -0.4 is 0 Å². The van der Waals surface area contributed by atoms with Gasteiger partial charge in [-0.3, -0.25) is 4.98 Å². The van der Waals surface area contributed by atoms with Gasteiger partial charge in [-0.15, -0.1) is 0 Å². The van der Waals surface area contributed by atoms with Crippen molar-refractivity contribution in [3.05, 3.63) is 71.7 Å². The van der Waals surface area contributed by atoms with Crippen LogP contribution in [0.1, 0.15) is 37.5 Å². The largest absolute Gasteiger partial charge is 0.465 e. The number of carbonyl (C=O) groups is 1. The van der Waals surface area contributed by atoms with E-state index in [4.69, 9.17) is 0 Å². The van der Waals surface area contributed by atoms with Crippen molar-refractivity contribution in [2.45, 2.75) is 46.1 Å². The summed E-state index contributed by atoms with van der Waals surface area (Å²) in [7, 11) is -3.93. The van der Waals surface area contributed by atoms with E-state index in [2.05, 4.69) is 4.98 Å². The smallest absolute Gasteiger partial charge is 0.407 e. The molecule has 1 aromatic carbocycles. The molecule has 0 aliphatic rings. The molecule has 0 atom stereocenters. The highest BCUT2D eigenvalue weighted by Crippen LogP contribution is 2.30. The van der Waals surface area contributed by atoms with Crippen LogP contribution in [-0.4, -0.2) is 40.0 Å². The summed E-state index contributed by atoms with van der Waals surface area (Å²) in [5, 5.41) is 9.70. The minimum atomic E-state index is -3.93. The second-order valence-corrected chi connectivity index (χ2v) is 11.1. The molecule has 1 N–H and O–H groups in total. The molecule has 2 heterocycles. The Balaban J connectivity index is 2.15. The van der Waals surface area contributed by atoms with Gasteiger partial charge >= 0.3 is 6.09 Å². The lowest BCUT2D eigenvalue weighted by Crippen LogP contribution is -2.36. The third-order valence-corrected chi connectivity index (χ3v) is 6.66. The Bertz CT molecular complexity index is 1230. The van der Waals surface area contributed by atoms with E-state index >= 15 is 0 Å². The van der Waals surface area contributed by atoms with Crippen molar-refractivity contribution < 1.29 is 18.3 Å². The van der Waals surface area contributed by atoms with Gasteiger partial charge in [-0.25, -0.2) is 17.2 Å². The number of benzene rings is 1. The number of carboxylic acid groups (broad SMARTS) is 1. The zero-order valence-electron chi connectivity index (χ0n) is 19.0. The molecule has 0 unspecified atom stereocenters. The molecule has 0 saturated heterocycles. The van der Waals surface area contributed by atoms with Gasteiger partial charge in [0.1, 0.15) is 4.90 Å². The summed E-state index contributed by atoms with van der Waals surface area (Å²) >= 11 is 0. The van der Waals surface area contributed by atoms with Crippen LogP contribution in [0.3, 0.4) is 0 Å². The molecular weight excluding hydrogens is 426 g/mol. The van der Waals surface area contributed by atoms with Gasteiger partial charge in [-0.1, -0.05) is 44.5 Å². The molecule has 0 radical (unpaired) electrons. The monoisotopic (exact) mass is 455 g/mol. The number of aromatic nitrogens is 2. The summed E-state index contributed by atoms with van der Waals surface area (Å²) in [4.78, 5) is 17.2. The molecule has 2 aromatic heterocycles. The Morgan fingerprint density at radius 2 is 1.88 bits per heavy atom. The van der Waals surface area contributed by atoms with E-state index in [1.54, 1.807) is 12.1 Å². The number of hydrogen-bond donors (Lipinski definition) is 1. The van der Waals surface area contributed by atoms with Gasteiger partial charge < -0.3 is 10.0 Å². The van der Waals surface area contributed by atoms with Crippen molar-refractivity contribution >= 4 is 16.1 Å². The normalized spacial score (nSPS) is 12.0. The summed E-state index contributed by atoms with van der Waals surface area (Å²) in [6, 6.07) is 10.6. The lowest BCUT2D eigenvalue weighted by atomic mass is 9.96. The Morgan fingerprint density at radius 1 is 1.16 bits per heavy atom. The first-order valence-corrected chi connectivity index (χ1v) is 11.7. The summed E-state index contributed by atoms with van der Waals surface area (Å²) in [5.41, 5.74) is 3.62. The molecule has 3 rings (SSSR count). The molecular formula is C24H29N3O4S. The van der Waals surface area contributed by atoms with Crippen LogP contribution in [0, 0.1) is 19.3 Å². The number of aryl methyl sites for hydroxylation is 2. The van der Waals surface area contributed by atoms with Crippen LogP contribution in [0.15, 0.2) is 59.9 Å². The molecule has 170 valence electrons. The van der Waals surface area contributed by atoms with Gasteiger partial charge in [0.2, 0.25) is 0 Å². The van der Waals surface area contributed by atoms with E-state index in [1.165, 1.54) is 33.5 Å². The summed E-state index contributed by atoms with van der Waals surface area (Å²) in [6.07, 6.45) is 3.29. The fourth-order valence-corrected chi connectivity index (χ4v) is 5.03. The molecule has 1 amide bonds. The highest BCUT2D eigenvalue weighted by atomic mass is 32.2. The first-order chi connectivity index (χ1) is 14.9. The Morgan fingerprint density at radius 3 is 2.44 bits per heavy atom. The molecule has 0 saturated carbocycles. The quantitative estimate of drug-likeness (QED) is 0.569. The van der Waals surface area contributed by atoms with Gasteiger partial charge in [0.05, 0.1) is 12.2 Å². The number of nitrogens with zero attached hydrogens (tertiary/aromatic N) is 3. The summed E-state index contributed by atoms with van der Waals surface area (Å²) < 4.78 is 28.2. The summed E-state index contributed by atoms with van der Waals surface area (Å²) in [5.74, 6) is 0. The molecule has 0 aliphatic heterocycles. The third kappa shape index (κ3) is 5.19. The lowest BCUT2D eigenvalue weighted by molar-refractivity contribution is 0.123. The molecule has 0 aliphatic carbocycles. The molecule has 8 heteroatoms. The van der Waals surface area contributed by atoms with Gasteiger partial charge in [0, 0.05) is 30.7 Å². The second-order valence-electron chi connectivity index (χ2n) is 9.24. The van der Waals surface area contributed by atoms with Crippen LogP contribution in [0.2, 0.25) is 0 Å². The zero-order chi connectivity index (χ0) is 23.7. The van der Waals surface area contributed by atoms with Crippen LogP contribution in [-0.2, 0) is 16.6 Å². The minimum absolute atomic E-state index is 0.0675. The van der Waals surface area contributed by atoms with Gasteiger partial charge in [-0.2, -0.15) is 0 Å². The van der Waals surface area contributed by atoms with E-state index < -0.39 is 16.1 Å². The van der Waals surface area contributed by atoms with E-state index in [0.717, 1.165) is 16.7 Å². The maximum Gasteiger partial charge on any atom is 0.407 e. The number of pyridine rings is 1. The van der Waals surface area contributed by atoms with Crippen LogP contribution in [0.25, 0.3) is 11.3 Å². The van der Waals surface area contributed by atoms with E-state index in [1.807, 2.05) is 52.8 Å². The number of hydrogen-bond acceptors (Lipinski definition) is 4. The van der Waals surface area contributed by atoms with E-state index in [0.29, 0.717) is 17.8 Å². The molecule has 0 bridgehead atoms. The summed E-state index contributed by atoms with van der Waals surface area (Å²) in [6.45, 7) is 10.2. The second kappa shape index (κ2) is 8.78. The Kier molecular flexibility index (Phi) is 6.46. The molecule has 32 heavy (non-hydrogen) atoms. The predicted octanol–water partition coefficient (Wildman–Crippen LogP) is 4.93. The van der Waals surface area contributed by atoms with Crippen LogP contribution in [0.4, 0.5) is 4.79 Å². The Labute approximate surface area is 189 Å². The van der Waals surface area contributed by atoms with Crippen LogP contribution >= 0.6 is 0 Å². The lowest BCUT2D eigenvalue weighted by Gasteiger charge is -2.27. The van der Waals surface area contributed by atoms with E-state index in [-0.39, 0.29) is 16.9 Å². The first-order valence-electron chi connectivity index (χ1n) is 10.3. The van der Waals surface area contributed by atoms with Crippen molar-refractivity contribution in [2.75, 3.05) is 6.54 Å². The SMILES string of the molecule is Cc1ccc(-c2cc(CN(CC(C)(C)C)C(=O)O)cn2S(=O)(=O)c2cccnc2)c(C)c1. The third-order valence-electron chi connectivity index (χ3n) is 5.00. The Hall–Kier alpha value is -3.13. The molecule has 0 fully saturated rings. The minimum Gasteiger partial charge on any atom is -0.465 e. The number of rotatable bonds is 6. The van der Waals surface area contributed by atoms with Crippen molar-refractivity contribution in [1.82, 2.24) is 13.9 Å². The van der Waals surface area contributed by atoms with Gasteiger partial charge in [-0.05, 0) is 48.6 Å². The van der Waals surface area contributed by atoms with Crippen molar-refractivity contribution in [2.24, 2.45) is 5.41 Å². The predicted molar refractivity (Wildman–Crippen MR) is 124 cm³/mol. The standard InChI is InChI=1S/C24H29N3O4S/c1-17-8-9-21(18(2)11-17)22-12-19(14-26(23(28)29)16-24(3,4)5)15-27(22)32(30,31)20-7-6-10-25-13-20/h6-13,15H,14,16H2,1-5H3,(H,28,29). The molecule has 0 spiro atoms. The fraction of sp³-hybridized carbons (Fsp3) is 0.333. The fourth-order valence-electron chi connectivity index (χ4n) is 3.68. The average molecular weight is 456 g/mol. The maximum atomic E-state index is 13.5. The molecule has 7 nitrogen and oxygen atoms in total. The molecule has 3 aromatic rings. The topological polar surface area (TPSA) is 92.5 Å².